The van der Waals surface area contributed by atoms with Gasteiger partial charge in [-0.3, -0.25) is 4.90 Å². The zero-order valence-corrected chi connectivity index (χ0v) is 33.8. The second-order valence-corrected chi connectivity index (χ2v) is 15.3. The van der Waals surface area contributed by atoms with Gasteiger partial charge in [0, 0.05) is 43.2 Å². The Bertz CT molecular complexity index is 1950. The van der Waals surface area contributed by atoms with Gasteiger partial charge in [-0.2, -0.15) is 0 Å². The van der Waals surface area contributed by atoms with E-state index in [0.29, 0.717) is 47.6 Å². The Hall–Kier alpha value is -5.04. The van der Waals surface area contributed by atoms with Crippen molar-refractivity contribution >= 4 is 11.8 Å². The zero-order valence-electron chi connectivity index (χ0n) is 33.8. The van der Waals surface area contributed by atoms with Gasteiger partial charge in [-0.1, -0.05) is 66.6 Å². The highest BCUT2D eigenvalue weighted by Crippen LogP contribution is 2.62. The molecule has 3 aromatic carbocycles. The van der Waals surface area contributed by atoms with Gasteiger partial charge in [0.15, 0.2) is 0 Å². The number of allylic oxidation sites excluding steroid dienone is 1. The maximum absolute atomic E-state index is 14.7. The number of hydrogen-bond donors (Lipinski definition) is 2. The number of fused-ring (bicyclic) bond motifs is 2. The molecule has 59 heavy (non-hydrogen) atoms. The first-order valence-corrected chi connectivity index (χ1v) is 20.5. The van der Waals surface area contributed by atoms with E-state index in [2.05, 4.69) is 24.4 Å². The van der Waals surface area contributed by atoms with E-state index in [-0.39, 0.29) is 69.6 Å². The molecule has 0 saturated heterocycles. The van der Waals surface area contributed by atoms with E-state index in [1.165, 1.54) is 25.3 Å². The van der Waals surface area contributed by atoms with Gasteiger partial charge >= 0.3 is 6.09 Å². The number of aliphatic hydroxyl groups is 2. The number of hydrogen-bond acceptors (Lipinski definition) is 9. The van der Waals surface area contributed by atoms with Gasteiger partial charge in [-0.25, -0.2) is 13.6 Å². The lowest BCUT2D eigenvalue weighted by Crippen LogP contribution is -2.70. The van der Waals surface area contributed by atoms with Gasteiger partial charge in [-0.15, -0.1) is 13.2 Å². The summed E-state index contributed by atoms with van der Waals surface area (Å²) in [6.45, 7) is 8.10. The average Bonchev–Trinajstić information content (AvgIpc) is 3.24. The van der Waals surface area contributed by atoms with Crippen LogP contribution in [-0.2, 0) is 27.5 Å². The molecule has 6 atom stereocenters. The molecule has 1 fully saturated rings. The van der Waals surface area contributed by atoms with Gasteiger partial charge in [0.2, 0.25) is 5.79 Å². The normalized spacial score (nSPS) is 23.6. The maximum atomic E-state index is 14.7. The number of rotatable bonds is 21. The number of benzene rings is 3. The van der Waals surface area contributed by atoms with Crippen LogP contribution in [0.4, 0.5) is 13.6 Å². The van der Waals surface area contributed by atoms with E-state index >= 15 is 0 Å². The van der Waals surface area contributed by atoms with Crippen molar-refractivity contribution in [2.75, 3.05) is 33.5 Å². The van der Waals surface area contributed by atoms with Gasteiger partial charge in [-0.05, 0) is 91.5 Å². The molecule has 0 aromatic heterocycles. The number of unbranched alkanes of at least 4 members (excludes halogenated alkanes) is 2. The first kappa shape index (κ1) is 43.5. The Morgan fingerprint density at radius 2 is 1.76 bits per heavy atom. The molecule has 2 N–H and O–H groups in total. The van der Waals surface area contributed by atoms with Crippen LogP contribution in [0.1, 0.15) is 74.0 Å². The van der Waals surface area contributed by atoms with Crippen molar-refractivity contribution in [3.05, 3.63) is 132 Å². The fourth-order valence-corrected chi connectivity index (χ4v) is 9.03. The summed E-state index contributed by atoms with van der Waals surface area (Å²) in [6.07, 6.45) is 9.87. The molecule has 1 heterocycles. The van der Waals surface area contributed by atoms with E-state index in [4.69, 9.17) is 23.8 Å². The zero-order chi connectivity index (χ0) is 41.8. The van der Waals surface area contributed by atoms with Crippen LogP contribution in [0.15, 0.2) is 109 Å². The fourth-order valence-electron chi connectivity index (χ4n) is 9.03. The Morgan fingerprint density at radius 3 is 2.47 bits per heavy atom. The van der Waals surface area contributed by atoms with Crippen LogP contribution < -0.4 is 9.47 Å². The number of oxime groups is 1. The minimum Gasteiger partial charge on any atom is -0.489 e. The lowest BCUT2D eigenvalue weighted by Gasteiger charge is -2.59. The van der Waals surface area contributed by atoms with Crippen LogP contribution >= 0.6 is 0 Å². The van der Waals surface area contributed by atoms with E-state index in [9.17, 15) is 23.8 Å². The predicted octanol–water partition coefficient (Wildman–Crippen LogP) is 9.02. The number of nitrogens with zero attached hydrogens (tertiary/aromatic N) is 2. The molecular weight excluding hydrogens is 759 g/mol. The Labute approximate surface area is 345 Å². The summed E-state index contributed by atoms with van der Waals surface area (Å²) in [7, 11) is 1.49. The number of carbonyl (C=O) groups excluding carboxylic acids is 1. The first-order valence-electron chi connectivity index (χ1n) is 20.5. The predicted molar refractivity (Wildman–Crippen MR) is 221 cm³/mol. The van der Waals surface area contributed by atoms with Gasteiger partial charge in [0.1, 0.15) is 42.9 Å². The summed E-state index contributed by atoms with van der Waals surface area (Å²) in [6, 6.07) is 17.2. The number of halogens is 2. The third-order valence-corrected chi connectivity index (χ3v) is 11.6. The minimum absolute atomic E-state index is 0.0146. The van der Waals surface area contributed by atoms with Crippen LogP contribution in [-0.4, -0.2) is 72.3 Å². The van der Waals surface area contributed by atoms with Crippen LogP contribution in [0.25, 0.3) is 0 Å². The molecule has 10 nitrogen and oxygen atoms in total. The van der Waals surface area contributed by atoms with E-state index in [1.807, 2.05) is 12.1 Å². The van der Waals surface area contributed by atoms with Crippen LogP contribution in [0.5, 0.6) is 11.5 Å². The summed E-state index contributed by atoms with van der Waals surface area (Å²) >= 11 is 0. The highest BCUT2D eigenvalue weighted by molar-refractivity contribution is 6.03. The molecule has 316 valence electrons. The van der Waals surface area contributed by atoms with Crippen molar-refractivity contribution in [1.29, 1.82) is 0 Å². The highest BCUT2D eigenvalue weighted by Gasteiger charge is 2.65. The Kier molecular flexibility index (Phi) is 15.3. The van der Waals surface area contributed by atoms with Crippen LogP contribution in [0.3, 0.4) is 0 Å². The summed E-state index contributed by atoms with van der Waals surface area (Å²) in [5.74, 6) is -2.07. The second kappa shape index (κ2) is 20.8. The quantitative estimate of drug-likeness (QED) is 0.0622. The largest absolute Gasteiger partial charge is 0.489 e. The standard InChI is InChI=1S/C47H56F2N2O8/c1-4-6-26-56-46(54)51(30-32-17-19-35(48)20-18-32)43-29-41(50-55-3)38-27-33(13-9-11-23-52)37(15-10-12-24-53)44-39-28-36(57-31-34-14-7-8-16-40(34)49)21-22-42(39)59-47(43,45(38)44)58-25-5-2/h4-5,7-8,14,16-22,27-28,33,37,43-45,52-53H,1-2,6,9-13,15,23-26,29-31H2,3H3/t33-,37+,43-,44+,45+,47+/m0/s1. The number of carbonyl (C=O) groups is 1. The lowest BCUT2D eigenvalue weighted by atomic mass is 9.55. The second-order valence-electron chi connectivity index (χ2n) is 15.3. The first-order chi connectivity index (χ1) is 28.8. The summed E-state index contributed by atoms with van der Waals surface area (Å²) in [5, 5.41) is 24.3. The van der Waals surface area contributed by atoms with Crippen LogP contribution in [0.2, 0.25) is 0 Å². The van der Waals surface area contributed by atoms with E-state index in [0.717, 1.165) is 36.8 Å². The van der Waals surface area contributed by atoms with Gasteiger partial charge < -0.3 is 34.0 Å². The third-order valence-electron chi connectivity index (χ3n) is 11.6. The van der Waals surface area contributed by atoms with E-state index in [1.54, 1.807) is 53.5 Å². The van der Waals surface area contributed by atoms with Crippen molar-refractivity contribution in [3.8, 4) is 11.5 Å². The summed E-state index contributed by atoms with van der Waals surface area (Å²) in [4.78, 5) is 21.5. The van der Waals surface area contributed by atoms with Crippen molar-refractivity contribution in [3.63, 3.8) is 0 Å². The molecule has 6 rings (SSSR count). The number of ether oxygens (including phenoxy) is 4. The molecule has 12 heteroatoms. The Balaban J connectivity index is 1.56. The topological polar surface area (TPSA) is 119 Å². The Morgan fingerprint density at radius 1 is 1.00 bits per heavy atom. The molecule has 0 radical (unpaired) electrons. The SMILES string of the molecule is C=CCCOC(=O)N(Cc1ccc(F)cc1)[C@H]1CC(=NOC)C2=C[C@H](CCCCO)[C@@H](CCCCO)[C@@H]3c4cc(OCc5ccccc5F)ccc4O[C@@]1(OCC=C)[C@H]23. The summed E-state index contributed by atoms with van der Waals surface area (Å²) in [5.41, 5.74) is 3.44. The molecule has 0 unspecified atom stereocenters. The molecule has 0 bridgehead atoms. The minimum atomic E-state index is -1.53. The smallest absolute Gasteiger partial charge is 0.410 e. The summed E-state index contributed by atoms with van der Waals surface area (Å²) < 4.78 is 55.2. The van der Waals surface area contributed by atoms with Crippen molar-refractivity contribution in [2.24, 2.45) is 22.9 Å². The van der Waals surface area contributed by atoms with Gasteiger partial charge in [0.05, 0.1) is 24.8 Å². The van der Waals surface area contributed by atoms with Crippen molar-refractivity contribution in [2.45, 2.75) is 82.3 Å². The van der Waals surface area contributed by atoms with Crippen LogP contribution in [0, 0.1) is 29.4 Å². The maximum Gasteiger partial charge on any atom is 0.410 e. The van der Waals surface area contributed by atoms with E-state index < -0.39 is 29.7 Å². The molecule has 1 amide bonds. The molecule has 0 spiro atoms. The lowest BCUT2D eigenvalue weighted by molar-refractivity contribution is -0.256. The number of amides is 1. The highest BCUT2D eigenvalue weighted by atomic mass is 19.1. The molecule has 2 aliphatic carbocycles. The molecular formula is C47H56F2N2O8. The molecule has 1 saturated carbocycles. The van der Waals surface area contributed by atoms with Gasteiger partial charge in [0.25, 0.3) is 0 Å². The fraction of sp³-hybridized carbons (Fsp3) is 0.447. The number of aliphatic hydroxyl groups excluding tert-OH is 2. The molecule has 3 aromatic rings. The third kappa shape index (κ3) is 9.88. The average molecular weight is 815 g/mol. The molecule has 3 aliphatic rings. The van der Waals surface area contributed by atoms with Crippen molar-refractivity contribution in [1.82, 2.24) is 4.90 Å². The monoisotopic (exact) mass is 814 g/mol. The molecule has 1 aliphatic heterocycles. The van der Waals surface area contributed by atoms with Crippen molar-refractivity contribution < 1.29 is 47.6 Å².